The molecule has 3 heteroatoms. The topological polar surface area (TPSA) is 32.7 Å². The molecule has 1 N–H and O–H groups in total. The molecule has 3 nitrogen and oxygen atoms in total. The van der Waals surface area contributed by atoms with Crippen LogP contribution in [0.4, 0.5) is 0 Å². The summed E-state index contributed by atoms with van der Waals surface area (Å²) in [5.74, 6) is 0. The Morgan fingerprint density at radius 2 is 2.00 bits per heavy atom. The maximum atomic E-state index is 9.19. The molecule has 1 fully saturated rings. The van der Waals surface area contributed by atoms with Gasteiger partial charge in [0.1, 0.15) is 0 Å². The van der Waals surface area contributed by atoms with Crippen molar-refractivity contribution in [2.45, 2.75) is 26.4 Å². The maximum absolute atomic E-state index is 9.19. The third-order valence-corrected chi connectivity index (χ3v) is 2.17. The van der Waals surface area contributed by atoms with Crippen LogP contribution in [0, 0.1) is 0 Å². The van der Waals surface area contributed by atoms with Gasteiger partial charge in [0.05, 0.1) is 12.7 Å². The predicted octanol–water partition coefficient (Wildman–Crippen LogP) is 0.726. The SMILES string of the molecule is C.COCCN1CCC(O)CC1. The fraction of sp³-hybridized carbons (Fsp3) is 1.00. The summed E-state index contributed by atoms with van der Waals surface area (Å²) in [5, 5.41) is 9.19. The number of nitrogens with zero attached hydrogens (tertiary/aromatic N) is 1. The Balaban J connectivity index is 0.00000121. The van der Waals surface area contributed by atoms with Crippen molar-refractivity contribution < 1.29 is 9.84 Å². The highest BCUT2D eigenvalue weighted by Crippen LogP contribution is 2.08. The molecule has 1 aliphatic heterocycles. The number of likely N-dealkylation sites (tertiary alicyclic amines) is 1. The molecule has 0 aromatic carbocycles. The standard InChI is InChI=1S/C8H17NO2.CH4/c1-11-7-6-9-4-2-8(10)3-5-9;/h8,10H,2-7H2,1H3;1H4. The van der Waals surface area contributed by atoms with E-state index in [4.69, 9.17) is 4.74 Å². The van der Waals surface area contributed by atoms with Gasteiger partial charge in [-0.2, -0.15) is 0 Å². The number of methoxy groups -OCH3 is 1. The number of rotatable bonds is 3. The molecule has 0 aromatic rings. The number of aliphatic hydroxyl groups is 1. The molecule has 74 valence electrons. The van der Waals surface area contributed by atoms with Gasteiger partial charge in [-0.3, -0.25) is 0 Å². The molecule has 0 atom stereocenters. The molecule has 0 aliphatic carbocycles. The maximum Gasteiger partial charge on any atom is 0.0589 e. The first-order valence-electron chi connectivity index (χ1n) is 4.22. The van der Waals surface area contributed by atoms with Crippen LogP contribution >= 0.6 is 0 Å². The van der Waals surface area contributed by atoms with Crippen LogP contribution in [0.1, 0.15) is 20.3 Å². The van der Waals surface area contributed by atoms with Crippen LogP contribution in [0.2, 0.25) is 0 Å². The van der Waals surface area contributed by atoms with E-state index >= 15 is 0 Å². The van der Waals surface area contributed by atoms with E-state index in [0.717, 1.165) is 39.1 Å². The first-order chi connectivity index (χ1) is 5.33. The van der Waals surface area contributed by atoms with Gasteiger partial charge in [0.25, 0.3) is 0 Å². The van der Waals surface area contributed by atoms with Crippen molar-refractivity contribution >= 4 is 0 Å². The van der Waals surface area contributed by atoms with Crippen LogP contribution in [0.5, 0.6) is 0 Å². The monoisotopic (exact) mass is 175 g/mol. The molecule has 1 heterocycles. The Bertz CT molecular complexity index is 97.9. The van der Waals surface area contributed by atoms with Crippen molar-refractivity contribution in [3.8, 4) is 0 Å². The second-order valence-electron chi connectivity index (χ2n) is 3.07. The lowest BCUT2D eigenvalue weighted by atomic mass is 10.1. The highest BCUT2D eigenvalue weighted by molar-refractivity contribution is 4.70. The van der Waals surface area contributed by atoms with Crippen molar-refractivity contribution in [2.24, 2.45) is 0 Å². The lowest BCUT2D eigenvalue weighted by Crippen LogP contribution is -2.37. The zero-order valence-corrected chi connectivity index (χ0v) is 7.12. The number of ether oxygens (including phenoxy) is 1. The van der Waals surface area contributed by atoms with E-state index < -0.39 is 0 Å². The molecule has 0 bridgehead atoms. The third kappa shape index (κ3) is 4.04. The number of hydrogen-bond acceptors (Lipinski definition) is 3. The molecule has 1 rings (SSSR count). The molecule has 0 amide bonds. The van der Waals surface area contributed by atoms with Gasteiger partial charge < -0.3 is 14.7 Å². The van der Waals surface area contributed by atoms with Crippen molar-refractivity contribution in [3.05, 3.63) is 0 Å². The summed E-state index contributed by atoms with van der Waals surface area (Å²) in [6.45, 7) is 3.84. The summed E-state index contributed by atoms with van der Waals surface area (Å²) in [6.07, 6.45) is 1.78. The summed E-state index contributed by atoms with van der Waals surface area (Å²) < 4.78 is 4.97. The fourth-order valence-corrected chi connectivity index (χ4v) is 1.36. The number of aliphatic hydroxyl groups excluding tert-OH is 1. The lowest BCUT2D eigenvalue weighted by Gasteiger charge is -2.28. The van der Waals surface area contributed by atoms with Gasteiger partial charge in [-0.05, 0) is 12.8 Å². The minimum absolute atomic E-state index is 0. The molecular weight excluding hydrogens is 154 g/mol. The molecule has 1 aliphatic rings. The first-order valence-corrected chi connectivity index (χ1v) is 4.22. The van der Waals surface area contributed by atoms with Gasteiger partial charge in [0.2, 0.25) is 0 Å². The normalized spacial score (nSPS) is 20.5. The van der Waals surface area contributed by atoms with Gasteiger partial charge in [0.15, 0.2) is 0 Å². The summed E-state index contributed by atoms with van der Waals surface area (Å²) in [6, 6.07) is 0. The highest BCUT2D eigenvalue weighted by atomic mass is 16.5. The van der Waals surface area contributed by atoms with Crippen LogP contribution in [0.3, 0.4) is 0 Å². The Labute approximate surface area is 75.3 Å². The highest BCUT2D eigenvalue weighted by Gasteiger charge is 2.15. The van der Waals surface area contributed by atoms with Crippen molar-refractivity contribution in [1.29, 1.82) is 0 Å². The van der Waals surface area contributed by atoms with E-state index in [1.807, 2.05) is 0 Å². The minimum atomic E-state index is -0.0613. The van der Waals surface area contributed by atoms with Gasteiger partial charge in [-0.1, -0.05) is 7.43 Å². The van der Waals surface area contributed by atoms with Crippen LogP contribution in [0.25, 0.3) is 0 Å². The quantitative estimate of drug-likeness (QED) is 0.686. The van der Waals surface area contributed by atoms with E-state index in [1.165, 1.54) is 0 Å². The molecule has 0 saturated carbocycles. The van der Waals surface area contributed by atoms with Crippen LogP contribution < -0.4 is 0 Å². The Morgan fingerprint density at radius 1 is 1.42 bits per heavy atom. The summed E-state index contributed by atoms with van der Waals surface area (Å²) in [7, 11) is 1.72. The molecule has 0 radical (unpaired) electrons. The molecule has 0 unspecified atom stereocenters. The smallest absolute Gasteiger partial charge is 0.0589 e. The minimum Gasteiger partial charge on any atom is -0.393 e. The second kappa shape index (κ2) is 6.40. The lowest BCUT2D eigenvalue weighted by molar-refractivity contribution is 0.0666. The van der Waals surface area contributed by atoms with Gasteiger partial charge in [0, 0.05) is 26.7 Å². The van der Waals surface area contributed by atoms with Crippen LogP contribution in [-0.2, 0) is 4.74 Å². The molecule has 0 aromatic heterocycles. The summed E-state index contributed by atoms with van der Waals surface area (Å²) >= 11 is 0. The van der Waals surface area contributed by atoms with Gasteiger partial charge in [-0.15, -0.1) is 0 Å². The van der Waals surface area contributed by atoms with Gasteiger partial charge in [-0.25, -0.2) is 0 Å². The summed E-state index contributed by atoms with van der Waals surface area (Å²) in [4.78, 5) is 2.33. The zero-order chi connectivity index (χ0) is 8.10. The van der Waals surface area contributed by atoms with E-state index in [-0.39, 0.29) is 13.5 Å². The predicted molar refractivity (Wildman–Crippen MR) is 50.3 cm³/mol. The molecule has 12 heavy (non-hydrogen) atoms. The van der Waals surface area contributed by atoms with E-state index in [9.17, 15) is 5.11 Å². The van der Waals surface area contributed by atoms with E-state index in [1.54, 1.807) is 7.11 Å². The van der Waals surface area contributed by atoms with E-state index in [2.05, 4.69) is 4.90 Å². The fourth-order valence-electron chi connectivity index (χ4n) is 1.36. The Morgan fingerprint density at radius 3 is 2.50 bits per heavy atom. The number of piperidine rings is 1. The Kier molecular flexibility index (Phi) is 6.34. The van der Waals surface area contributed by atoms with Crippen molar-refractivity contribution in [1.82, 2.24) is 4.90 Å². The molecule has 0 spiro atoms. The second-order valence-corrected chi connectivity index (χ2v) is 3.07. The van der Waals surface area contributed by atoms with Crippen LogP contribution in [-0.4, -0.2) is 49.5 Å². The molecule has 1 saturated heterocycles. The average molecular weight is 175 g/mol. The van der Waals surface area contributed by atoms with Crippen molar-refractivity contribution in [3.63, 3.8) is 0 Å². The van der Waals surface area contributed by atoms with Crippen LogP contribution in [0.15, 0.2) is 0 Å². The Hall–Kier alpha value is -0.120. The largest absolute Gasteiger partial charge is 0.393 e. The van der Waals surface area contributed by atoms with E-state index in [0.29, 0.717) is 0 Å². The zero-order valence-electron chi connectivity index (χ0n) is 7.12. The third-order valence-electron chi connectivity index (χ3n) is 2.17. The van der Waals surface area contributed by atoms with Gasteiger partial charge >= 0.3 is 0 Å². The van der Waals surface area contributed by atoms with Crippen molar-refractivity contribution in [2.75, 3.05) is 33.4 Å². The summed E-state index contributed by atoms with van der Waals surface area (Å²) in [5.41, 5.74) is 0. The molecular formula is C9H21NO2. The average Bonchev–Trinajstić information content (AvgIpc) is 2.04. The first kappa shape index (κ1) is 11.9. The number of hydrogen-bond donors (Lipinski definition) is 1.